The number of hydrogen-bond acceptors (Lipinski definition) is 7. The number of benzene rings is 3. The fourth-order valence-corrected chi connectivity index (χ4v) is 4.00. The Kier molecular flexibility index (Phi) is 7.92. The highest BCUT2D eigenvalue weighted by molar-refractivity contribution is 7.73. The molecule has 192 valence electrons. The number of thiol groups is 1. The van der Waals surface area contributed by atoms with Gasteiger partial charge in [-0.2, -0.15) is 18.2 Å². The quantitative estimate of drug-likeness (QED) is 0.185. The molecule has 7 nitrogen and oxygen atoms in total. The molecule has 37 heavy (non-hydrogen) atoms. The summed E-state index contributed by atoms with van der Waals surface area (Å²) in [6.45, 7) is 2.67. The van der Waals surface area contributed by atoms with Crippen molar-refractivity contribution in [3.05, 3.63) is 90.1 Å². The van der Waals surface area contributed by atoms with Crippen LogP contribution in [0.3, 0.4) is 0 Å². The third kappa shape index (κ3) is 6.76. The largest absolute Gasteiger partial charge is 0.494 e. The lowest BCUT2D eigenvalue weighted by Crippen LogP contribution is -2.08. The summed E-state index contributed by atoms with van der Waals surface area (Å²) in [6, 6.07) is 18.9. The van der Waals surface area contributed by atoms with E-state index < -0.39 is 22.3 Å². The molecule has 0 aliphatic heterocycles. The molecular formula is C26H24F3N5O2S. The smallest absolute Gasteiger partial charge is 0.416 e. The molecule has 0 aliphatic carbocycles. The maximum Gasteiger partial charge on any atom is 0.416 e. The summed E-state index contributed by atoms with van der Waals surface area (Å²) >= 11 is 0. The highest BCUT2D eigenvalue weighted by Crippen LogP contribution is 2.31. The molecule has 1 unspecified atom stereocenters. The molecule has 0 saturated heterocycles. The Balaban J connectivity index is 1.63. The number of nitrogens with one attached hydrogen (secondary N) is 3. The van der Waals surface area contributed by atoms with Crippen LogP contribution >= 0.6 is 0 Å². The maximum atomic E-state index is 12.9. The molecule has 4 rings (SSSR count). The van der Waals surface area contributed by atoms with E-state index in [-0.39, 0.29) is 12.5 Å². The number of ether oxygens (including phenoxy) is 1. The summed E-state index contributed by atoms with van der Waals surface area (Å²) in [5, 5.41) is 6.25. The Hall–Kier alpha value is -4.12. The Morgan fingerprint density at radius 1 is 1.03 bits per heavy atom. The number of alkyl halides is 3. The van der Waals surface area contributed by atoms with Crippen LogP contribution in [0.2, 0.25) is 0 Å². The maximum absolute atomic E-state index is 12.9. The molecule has 0 saturated carbocycles. The van der Waals surface area contributed by atoms with Crippen molar-refractivity contribution in [3.63, 3.8) is 0 Å². The van der Waals surface area contributed by atoms with Crippen LogP contribution in [0.25, 0.3) is 11.1 Å². The van der Waals surface area contributed by atoms with E-state index in [9.17, 15) is 17.4 Å². The summed E-state index contributed by atoms with van der Waals surface area (Å²) in [6.07, 6.45) is -2.76. The van der Waals surface area contributed by atoms with Crippen molar-refractivity contribution in [3.8, 4) is 16.9 Å². The molecule has 1 aromatic heterocycles. The van der Waals surface area contributed by atoms with E-state index in [1.165, 1.54) is 12.1 Å². The van der Waals surface area contributed by atoms with E-state index in [1.807, 2.05) is 31.2 Å². The molecule has 11 heteroatoms. The molecule has 3 N–H and O–H groups in total. The third-order valence-corrected chi connectivity index (χ3v) is 6.09. The molecule has 1 heterocycles. The Bertz CT molecular complexity index is 1430. The summed E-state index contributed by atoms with van der Waals surface area (Å²) in [7, 11) is -2.25. The summed E-state index contributed by atoms with van der Waals surface area (Å²) in [5.41, 5.74) is 2.00. The molecule has 4 aromatic rings. The second kappa shape index (κ2) is 11.3. The number of hydrogen-bond donors (Lipinski definition) is 4. The highest BCUT2D eigenvalue weighted by Gasteiger charge is 2.29. The normalized spacial score (nSPS) is 12.1. The van der Waals surface area contributed by atoms with E-state index in [1.54, 1.807) is 30.5 Å². The summed E-state index contributed by atoms with van der Waals surface area (Å²) in [5.74, 6) is 1.43. The van der Waals surface area contributed by atoms with Gasteiger partial charge >= 0.3 is 6.18 Å². The minimum absolute atomic E-state index is 0.230. The number of halogens is 3. The predicted octanol–water partition coefficient (Wildman–Crippen LogP) is 6.52. The minimum Gasteiger partial charge on any atom is -0.494 e. The zero-order valence-electron chi connectivity index (χ0n) is 19.7. The zero-order chi connectivity index (χ0) is 26.4. The second-order valence-electron chi connectivity index (χ2n) is 7.93. The van der Waals surface area contributed by atoms with Crippen LogP contribution in [0.15, 0.2) is 83.9 Å². The van der Waals surface area contributed by atoms with Crippen molar-refractivity contribution in [1.29, 1.82) is 4.78 Å². The molecule has 3 aromatic carbocycles. The molecule has 1 atom stereocenters. The number of nitrogens with zero attached hydrogens (tertiary/aromatic N) is 2. The Morgan fingerprint density at radius 2 is 1.76 bits per heavy atom. The Labute approximate surface area is 213 Å². The standard InChI is InChI=1S/C26H24F3N5O2S/c1-2-36-21-12-8-18(9-13-21)23-16-32-25(33-20-4-3-5-22(14-20)37(30)35)34-24(23)31-15-17-6-10-19(11-7-17)26(27,28)29/h3-14,16,30,37H,2,15H2,1H3,(H2,31,32,33,34). The average molecular weight is 528 g/mol. The van der Waals surface area contributed by atoms with Crippen LogP contribution in [0.4, 0.5) is 30.6 Å². The van der Waals surface area contributed by atoms with Crippen LogP contribution in [-0.2, 0) is 23.3 Å². The lowest BCUT2D eigenvalue weighted by Gasteiger charge is -2.14. The fraction of sp³-hybridized carbons (Fsp3) is 0.154. The topological polar surface area (TPSA) is 100.0 Å². The van der Waals surface area contributed by atoms with E-state index >= 15 is 0 Å². The predicted molar refractivity (Wildman–Crippen MR) is 138 cm³/mol. The van der Waals surface area contributed by atoms with E-state index in [4.69, 9.17) is 9.52 Å². The first-order chi connectivity index (χ1) is 17.7. The van der Waals surface area contributed by atoms with Gasteiger partial charge in [-0.15, -0.1) is 0 Å². The van der Waals surface area contributed by atoms with Crippen LogP contribution < -0.4 is 15.4 Å². The first-order valence-corrected chi connectivity index (χ1v) is 12.5. The number of rotatable bonds is 9. The molecule has 0 fully saturated rings. The fourth-order valence-electron chi connectivity index (χ4n) is 3.52. The minimum atomic E-state index is -4.40. The van der Waals surface area contributed by atoms with Crippen molar-refractivity contribution in [2.45, 2.75) is 24.5 Å². The van der Waals surface area contributed by atoms with Crippen LogP contribution in [0.5, 0.6) is 5.75 Å². The molecule has 0 aliphatic rings. The molecular weight excluding hydrogens is 503 g/mol. The molecule has 0 amide bonds. The SMILES string of the molecule is CCOc1ccc(-c2cnc(Nc3cccc([SH](=N)=O)c3)nc2NCc2ccc(C(F)(F)F)cc2)cc1. The van der Waals surface area contributed by atoms with Gasteiger partial charge in [0, 0.05) is 28.9 Å². The number of aromatic nitrogens is 2. The summed E-state index contributed by atoms with van der Waals surface area (Å²) in [4.78, 5) is 9.35. The van der Waals surface area contributed by atoms with E-state index in [0.717, 1.165) is 23.4 Å². The molecule has 0 radical (unpaired) electrons. The van der Waals surface area contributed by atoms with Crippen LogP contribution in [-0.4, -0.2) is 20.8 Å². The van der Waals surface area contributed by atoms with Crippen molar-refractivity contribution >= 4 is 28.0 Å². The van der Waals surface area contributed by atoms with Crippen molar-refractivity contribution in [2.24, 2.45) is 0 Å². The summed E-state index contributed by atoms with van der Waals surface area (Å²) < 4.78 is 63.2. The van der Waals surface area contributed by atoms with E-state index in [2.05, 4.69) is 20.6 Å². The monoisotopic (exact) mass is 527 g/mol. The number of anilines is 3. The first kappa shape index (κ1) is 26.0. The average Bonchev–Trinajstić information content (AvgIpc) is 2.88. The van der Waals surface area contributed by atoms with Crippen molar-refractivity contribution < 1.29 is 22.1 Å². The van der Waals surface area contributed by atoms with Gasteiger partial charge in [0.25, 0.3) is 0 Å². The highest BCUT2D eigenvalue weighted by atomic mass is 32.2. The van der Waals surface area contributed by atoms with Gasteiger partial charge in [-0.05, 0) is 60.5 Å². The molecule has 0 spiro atoms. The lowest BCUT2D eigenvalue weighted by atomic mass is 10.1. The van der Waals surface area contributed by atoms with Gasteiger partial charge in [-0.3, -0.25) is 4.78 Å². The van der Waals surface area contributed by atoms with E-state index in [0.29, 0.717) is 34.1 Å². The van der Waals surface area contributed by atoms with Gasteiger partial charge in [0.05, 0.1) is 22.8 Å². The third-order valence-electron chi connectivity index (χ3n) is 5.34. The Morgan fingerprint density at radius 3 is 2.41 bits per heavy atom. The van der Waals surface area contributed by atoms with Gasteiger partial charge < -0.3 is 15.4 Å². The van der Waals surface area contributed by atoms with Crippen LogP contribution in [0, 0.1) is 4.78 Å². The van der Waals surface area contributed by atoms with Gasteiger partial charge in [0.15, 0.2) is 0 Å². The zero-order valence-corrected chi connectivity index (χ0v) is 20.6. The van der Waals surface area contributed by atoms with Gasteiger partial charge in [-0.1, -0.05) is 30.3 Å². The molecule has 0 bridgehead atoms. The van der Waals surface area contributed by atoms with Gasteiger partial charge in [-0.25, -0.2) is 9.19 Å². The van der Waals surface area contributed by atoms with Crippen LogP contribution in [0.1, 0.15) is 18.1 Å². The lowest BCUT2D eigenvalue weighted by molar-refractivity contribution is -0.137. The first-order valence-electron chi connectivity index (χ1n) is 11.3. The second-order valence-corrected chi connectivity index (χ2v) is 9.04. The van der Waals surface area contributed by atoms with Crippen molar-refractivity contribution in [2.75, 3.05) is 17.2 Å². The van der Waals surface area contributed by atoms with Gasteiger partial charge in [0.1, 0.15) is 11.6 Å². The van der Waals surface area contributed by atoms with Gasteiger partial charge in [0.2, 0.25) is 5.95 Å². The van der Waals surface area contributed by atoms with Crippen molar-refractivity contribution in [1.82, 2.24) is 9.97 Å².